The molecule has 0 fully saturated rings. The van der Waals surface area contributed by atoms with Crippen LogP contribution in [0.15, 0.2) is 47.8 Å². The van der Waals surface area contributed by atoms with E-state index in [-0.39, 0.29) is 5.91 Å². The fourth-order valence-electron chi connectivity index (χ4n) is 2.61. The molecule has 0 bridgehead atoms. The lowest BCUT2D eigenvalue weighted by molar-refractivity contribution is 0.0943. The Bertz CT molecular complexity index is 955. The lowest BCUT2D eigenvalue weighted by Gasteiger charge is -2.08. The van der Waals surface area contributed by atoms with Gasteiger partial charge in [0.25, 0.3) is 5.91 Å². The summed E-state index contributed by atoms with van der Waals surface area (Å²) in [6.07, 6.45) is 0. The highest BCUT2D eigenvalue weighted by Gasteiger charge is 2.13. The molecule has 0 saturated carbocycles. The average Bonchev–Trinajstić information content (AvgIpc) is 3.21. The van der Waals surface area contributed by atoms with E-state index in [0.29, 0.717) is 30.3 Å². The number of hydrogen-bond acceptors (Lipinski definition) is 6. The van der Waals surface area contributed by atoms with Crippen LogP contribution in [0.25, 0.3) is 10.6 Å². The number of carbonyl (C=O) groups excluding carboxylic acids is 1. The molecular weight excluding hydrogens is 376 g/mol. The predicted molar refractivity (Wildman–Crippen MR) is 110 cm³/mol. The molecule has 3 aromatic rings. The first-order chi connectivity index (χ1) is 13.6. The molecule has 0 spiro atoms. The zero-order valence-electron chi connectivity index (χ0n) is 16.0. The Kier molecular flexibility index (Phi) is 6.49. The first-order valence-corrected chi connectivity index (χ1v) is 9.64. The molecule has 1 aromatic heterocycles. The average molecular weight is 398 g/mol. The van der Waals surface area contributed by atoms with Gasteiger partial charge in [-0.3, -0.25) is 4.79 Å². The number of methoxy groups -OCH3 is 2. The van der Waals surface area contributed by atoms with E-state index in [2.05, 4.69) is 10.3 Å². The third kappa shape index (κ3) is 4.80. The number of nitrogens with zero attached hydrogens (tertiary/aromatic N) is 1. The molecule has 1 heterocycles. The molecule has 1 amide bonds. The molecule has 0 aliphatic heterocycles. The van der Waals surface area contributed by atoms with Crippen molar-refractivity contribution < 1.29 is 19.0 Å². The summed E-state index contributed by atoms with van der Waals surface area (Å²) >= 11 is 1.40. The van der Waals surface area contributed by atoms with Crippen molar-refractivity contribution in [2.75, 3.05) is 27.4 Å². The number of hydrogen-bond donors (Lipinski definition) is 1. The molecule has 0 radical (unpaired) electrons. The molecule has 146 valence electrons. The van der Waals surface area contributed by atoms with Crippen LogP contribution in [0, 0.1) is 6.92 Å². The SMILES string of the molecule is COc1ccc(-c2nc(C(=O)NCCOc3cccc(C)c3)cs2)cc1OC. The van der Waals surface area contributed by atoms with Crippen LogP contribution in [0.2, 0.25) is 0 Å². The van der Waals surface area contributed by atoms with Crippen molar-refractivity contribution >= 4 is 17.2 Å². The van der Waals surface area contributed by atoms with Gasteiger partial charge in [0.2, 0.25) is 0 Å². The van der Waals surface area contributed by atoms with Gasteiger partial charge in [-0.25, -0.2) is 4.98 Å². The highest BCUT2D eigenvalue weighted by Crippen LogP contribution is 2.33. The maximum atomic E-state index is 12.3. The Balaban J connectivity index is 1.56. The summed E-state index contributed by atoms with van der Waals surface area (Å²) in [6, 6.07) is 13.3. The van der Waals surface area contributed by atoms with E-state index in [0.717, 1.165) is 21.9 Å². The number of aromatic nitrogens is 1. The van der Waals surface area contributed by atoms with Gasteiger partial charge < -0.3 is 19.5 Å². The summed E-state index contributed by atoms with van der Waals surface area (Å²) in [4.78, 5) is 16.7. The maximum Gasteiger partial charge on any atom is 0.270 e. The second-order valence-corrected chi connectivity index (χ2v) is 6.89. The van der Waals surface area contributed by atoms with Gasteiger partial charge in [-0.05, 0) is 42.8 Å². The van der Waals surface area contributed by atoms with Gasteiger partial charge in [-0.2, -0.15) is 0 Å². The highest BCUT2D eigenvalue weighted by atomic mass is 32.1. The second kappa shape index (κ2) is 9.23. The minimum atomic E-state index is -0.226. The zero-order valence-corrected chi connectivity index (χ0v) is 16.8. The summed E-state index contributed by atoms with van der Waals surface area (Å²) in [5, 5.41) is 5.30. The Morgan fingerprint density at radius 1 is 1.11 bits per heavy atom. The summed E-state index contributed by atoms with van der Waals surface area (Å²) in [6.45, 7) is 2.80. The quantitative estimate of drug-likeness (QED) is 0.582. The van der Waals surface area contributed by atoms with Gasteiger partial charge in [0, 0.05) is 10.9 Å². The first kappa shape index (κ1) is 19.7. The molecule has 0 saturated heterocycles. The van der Waals surface area contributed by atoms with Crippen molar-refractivity contribution in [3.05, 3.63) is 59.1 Å². The van der Waals surface area contributed by atoms with Crippen LogP contribution in [0.4, 0.5) is 0 Å². The second-order valence-electron chi connectivity index (χ2n) is 6.03. The standard InChI is InChI=1S/C21H22N2O4S/c1-14-5-4-6-16(11-14)27-10-9-22-20(24)17-13-28-21(23-17)15-7-8-18(25-2)19(12-15)26-3/h4-8,11-13H,9-10H2,1-3H3,(H,22,24). The summed E-state index contributed by atoms with van der Waals surface area (Å²) in [7, 11) is 3.17. The Morgan fingerprint density at radius 3 is 2.68 bits per heavy atom. The number of amides is 1. The van der Waals surface area contributed by atoms with Crippen LogP contribution in [0.3, 0.4) is 0 Å². The largest absolute Gasteiger partial charge is 0.493 e. The number of aryl methyl sites for hydroxylation is 1. The summed E-state index contributed by atoms with van der Waals surface area (Å²) in [5.41, 5.74) is 2.38. The Labute approximate surface area is 168 Å². The van der Waals surface area contributed by atoms with Gasteiger partial charge in [-0.1, -0.05) is 12.1 Å². The predicted octanol–water partition coefficient (Wildman–Crippen LogP) is 3.94. The highest BCUT2D eigenvalue weighted by molar-refractivity contribution is 7.13. The molecule has 0 unspecified atom stereocenters. The summed E-state index contributed by atoms with van der Waals surface area (Å²) in [5.74, 6) is 1.83. The van der Waals surface area contributed by atoms with Crippen LogP contribution < -0.4 is 19.5 Å². The third-order valence-electron chi connectivity index (χ3n) is 4.01. The van der Waals surface area contributed by atoms with Crippen LogP contribution in [0.5, 0.6) is 17.2 Å². The fraction of sp³-hybridized carbons (Fsp3) is 0.238. The number of ether oxygens (including phenoxy) is 3. The van der Waals surface area contributed by atoms with Crippen LogP contribution >= 0.6 is 11.3 Å². The van der Waals surface area contributed by atoms with Crippen molar-refractivity contribution in [3.8, 4) is 27.8 Å². The molecule has 0 aliphatic carbocycles. The van der Waals surface area contributed by atoms with Gasteiger partial charge in [0.15, 0.2) is 11.5 Å². The van der Waals surface area contributed by atoms with Gasteiger partial charge in [-0.15, -0.1) is 11.3 Å². The number of thiazole rings is 1. The minimum absolute atomic E-state index is 0.226. The normalized spacial score (nSPS) is 10.4. The lowest BCUT2D eigenvalue weighted by Crippen LogP contribution is -2.28. The van der Waals surface area contributed by atoms with Gasteiger partial charge in [0.1, 0.15) is 23.1 Å². The van der Waals surface area contributed by atoms with E-state index >= 15 is 0 Å². The Morgan fingerprint density at radius 2 is 1.93 bits per heavy atom. The molecule has 3 rings (SSSR count). The molecule has 28 heavy (non-hydrogen) atoms. The van der Waals surface area contributed by atoms with E-state index < -0.39 is 0 Å². The third-order valence-corrected chi connectivity index (χ3v) is 4.90. The molecule has 1 N–H and O–H groups in total. The van der Waals surface area contributed by atoms with Gasteiger partial charge in [0.05, 0.1) is 20.8 Å². The van der Waals surface area contributed by atoms with E-state index in [9.17, 15) is 4.79 Å². The number of benzene rings is 2. The van der Waals surface area contributed by atoms with Crippen molar-refractivity contribution in [1.82, 2.24) is 10.3 Å². The fourth-order valence-corrected chi connectivity index (χ4v) is 3.41. The molecule has 7 heteroatoms. The molecule has 0 atom stereocenters. The number of rotatable bonds is 8. The van der Waals surface area contributed by atoms with E-state index in [4.69, 9.17) is 14.2 Å². The summed E-state index contributed by atoms with van der Waals surface area (Å²) < 4.78 is 16.2. The zero-order chi connectivity index (χ0) is 19.9. The maximum absolute atomic E-state index is 12.3. The monoisotopic (exact) mass is 398 g/mol. The van der Waals surface area contributed by atoms with Gasteiger partial charge >= 0.3 is 0 Å². The molecule has 0 aliphatic rings. The van der Waals surface area contributed by atoms with Crippen LogP contribution in [-0.4, -0.2) is 38.3 Å². The topological polar surface area (TPSA) is 69.7 Å². The number of carbonyl (C=O) groups is 1. The van der Waals surface area contributed by atoms with E-state index in [1.54, 1.807) is 19.6 Å². The van der Waals surface area contributed by atoms with Crippen LogP contribution in [0.1, 0.15) is 16.1 Å². The molecule has 6 nitrogen and oxygen atoms in total. The van der Waals surface area contributed by atoms with Crippen molar-refractivity contribution in [2.45, 2.75) is 6.92 Å². The van der Waals surface area contributed by atoms with E-state index in [1.807, 2.05) is 49.4 Å². The number of nitrogens with one attached hydrogen (secondary N) is 1. The van der Waals surface area contributed by atoms with Crippen molar-refractivity contribution in [3.63, 3.8) is 0 Å². The van der Waals surface area contributed by atoms with Crippen molar-refractivity contribution in [1.29, 1.82) is 0 Å². The van der Waals surface area contributed by atoms with Crippen LogP contribution in [-0.2, 0) is 0 Å². The van der Waals surface area contributed by atoms with Crippen molar-refractivity contribution in [2.24, 2.45) is 0 Å². The van der Waals surface area contributed by atoms with E-state index in [1.165, 1.54) is 11.3 Å². The smallest absolute Gasteiger partial charge is 0.270 e. The first-order valence-electron chi connectivity index (χ1n) is 8.76. The molecular formula is C21H22N2O4S. The molecule has 2 aromatic carbocycles. The minimum Gasteiger partial charge on any atom is -0.493 e. The Hall–Kier alpha value is -3.06. The lowest BCUT2D eigenvalue weighted by atomic mass is 10.2.